The first kappa shape index (κ1) is 13.7. The zero-order valence-electron chi connectivity index (χ0n) is 12.0. The fourth-order valence-corrected chi connectivity index (χ4v) is 2.53. The van der Waals surface area contributed by atoms with Gasteiger partial charge in [0, 0.05) is 5.56 Å². The van der Waals surface area contributed by atoms with E-state index in [0.717, 1.165) is 16.9 Å². The van der Waals surface area contributed by atoms with E-state index in [2.05, 4.69) is 15.3 Å². The largest absolute Gasteiger partial charge is 0.408 e. The Morgan fingerprint density at radius 2 is 1.65 bits per heavy atom. The summed E-state index contributed by atoms with van der Waals surface area (Å²) in [6.07, 6.45) is 0. The van der Waals surface area contributed by atoms with Crippen molar-refractivity contribution < 1.29 is 4.42 Å². The molecule has 1 N–H and O–H groups in total. The highest BCUT2D eigenvalue weighted by molar-refractivity contribution is 7.71. The quantitative estimate of drug-likeness (QED) is 0.573. The van der Waals surface area contributed by atoms with Crippen molar-refractivity contribution in [1.82, 2.24) is 20.0 Å². The summed E-state index contributed by atoms with van der Waals surface area (Å²) < 4.78 is 7.25. The van der Waals surface area contributed by atoms with Crippen molar-refractivity contribution in [3.05, 3.63) is 71.6 Å². The Morgan fingerprint density at radius 3 is 2.30 bits per heavy atom. The van der Waals surface area contributed by atoms with Crippen molar-refractivity contribution in [1.29, 1.82) is 0 Å². The summed E-state index contributed by atoms with van der Waals surface area (Å²) in [5, 5.41) is 11.3. The molecule has 0 saturated carbocycles. The molecule has 0 spiro atoms. The lowest BCUT2D eigenvalue weighted by Crippen LogP contribution is -1.98. The molecule has 2 heterocycles. The zero-order valence-corrected chi connectivity index (χ0v) is 12.8. The molecule has 0 aliphatic rings. The predicted molar refractivity (Wildman–Crippen MR) is 89.7 cm³/mol. The lowest BCUT2D eigenvalue weighted by Gasteiger charge is -2.07. The molecular formula is C17H12N4OS. The normalized spacial score (nSPS) is 10.8. The molecule has 23 heavy (non-hydrogen) atoms. The van der Waals surface area contributed by atoms with Crippen molar-refractivity contribution in [3.8, 4) is 28.5 Å². The third kappa shape index (κ3) is 2.60. The Kier molecular flexibility index (Phi) is 3.36. The summed E-state index contributed by atoms with van der Waals surface area (Å²) in [6.45, 7) is 0. The minimum Gasteiger partial charge on any atom is -0.408 e. The maximum atomic E-state index is 5.38. The van der Waals surface area contributed by atoms with Crippen molar-refractivity contribution in [3.63, 3.8) is 0 Å². The summed E-state index contributed by atoms with van der Waals surface area (Å²) in [7, 11) is 0. The first-order valence-corrected chi connectivity index (χ1v) is 7.49. The second kappa shape index (κ2) is 5.66. The van der Waals surface area contributed by atoms with Gasteiger partial charge in [-0.2, -0.15) is 5.10 Å². The molecule has 0 aliphatic carbocycles. The molecule has 0 radical (unpaired) electrons. The number of aromatic amines is 1. The fourth-order valence-electron chi connectivity index (χ4n) is 2.41. The second-order valence-electron chi connectivity index (χ2n) is 4.95. The number of H-pyrrole nitrogens is 1. The van der Waals surface area contributed by atoms with E-state index >= 15 is 0 Å². The summed E-state index contributed by atoms with van der Waals surface area (Å²) in [6, 6.07) is 21.9. The van der Waals surface area contributed by atoms with Crippen molar-refractivity contribution >= 4 is 12.2 Å². The molecule has 2 aromatic carbocycles. The average Bonchev–Trinajstić information content (AvgIpc) is 3.23. The van der Waals surface area contributed by atoms with E-state index in [-0.39, 0.29) is 4.84 Å². The smallest absolute Gasteiger partial charge is 0.284 e. The predicted octanol–water partition coefficient (Wildman–Crippen LogP) is 4.25. The van der Waals surface area contributed by atoms with Crippen molar-refractivity contribution in [2.45, 2.75) is 0 Å². The van der Waals surface area contributed by atoms with Crippen LogP contribution in [0.4, 0.5) is 0 Å². The number of benzene rings is 2. The number of nitrogens with zero attached hydrogens (tertiary/aromatic N) is 3. The number of hydrogen-bond donors (Lipinski definition) is 1. The Labute approximate surface area is 137 Å². The molecule has 2 aromatic heterocycles. The van der Waals surface area contributed by atoms with Crippen LogP contribution in [0.3, 0.4) is 0 Å². The number of para-hydroxylation sites is 1. The van der Waals surface area contributed by atoms with Crippen LogP contribution in [-0.4, -0.2) is 20.0 Å². The van der Waals surface area contributed by atoms with Gasteiger partial charge < -0.3 is 4.42 Å². The first-order valence-electron chi connectivity index (χ1n) is 7.08. The van der Waals surface area contributed by atoms with Gasteiger partial charge in [-0.1, -0.05) is 48.5 Å². The summed E-state index contributed by atoms with van der Waals surface area (Å²) in [5.74, 6) is 0.377. The van der Waals surface area contributed by atoms with E-state index in [1.54, 1.807) is 0 Å². The SMILES string of the molecule is S=c1[nH]nc(-c2cc(-c3ccccc3)n(-c3ccccc3)n2)o1. The van der Waals surface area contributed by atoms with Gasteiger partial charge in [0.2, 0.25) is 0 Å². The molecule has 5 nitrogen and oxygen atoms in total. The highest BCUT2D eigenvalue weighted by atomic mass is 32.1. The molecule has 4 aromatic rings. The third-order valence-corrected chi connectivity index (χ3v) is 3.61. The van der Waals surface area contributed by atoms with Gasteiger partial charge in [0.05, 0.1) is 11.4 Å². The van der Waals surface area contributed by atoms with Gasteiger partial charge in [0.1, 0.15) is 0 Å². The van der Waals surface area contributed by atoms with Gasteiger partial charge in [0.25, 0.3) is 10.7 Å². The molecule has 0 bridgehead atoms. The van der Waals surface area contributed by atoms with Gasteiger partial charge in [-0.15, -0.1) is 5.10 Å². The zero-order chi connectivity index (χ0) is 15.6. The first-order chi connectivity index (χ1) is 11.3. The van der Waals surface area contributed by atoms with Crippen LogP contribution in [0.5, 0.6) is 0 Å². The highest BCUT2D eigenvalue weighted by Crippen LogP contribution is 2.27. The van der Waals surface area contributed by atoms with Crippen LogP contribution in [0.1, 0.15) is 0 Å². The molecule has 112 valence electrons. The lowest BCUT2D eigenvalue weighted by molar-refractivity contribution is 0.549. The van der Waals surface area contributed by atoms with E-state index in [9.17, 15) is 0 Å². The second-order valence-corrected chi connectivity index (χ2v) is 5.32. The van der Waals surface area contributed by atoms with E-state index in [1.807, 2.05) is 71.4 Å². The molecule has 4 rings (SSSR count). The molecule has 0 saturated heterocycles. The van der Waals surface area contributed by atoms with Gasteiger partial charge in [0.15, 0.2) is 5.69 Å². The van der Waals surface area contributed by atoms with Crippen LogP contribution < -0.4 is 0 Å². The summed E-state index contributed by atoms with van der Waals surface area (Å²) >= 11 is 4.94. The van der Waals surface area contributed by atoms with E-state index in [1.165, 1.54) is 0 Å². The topological polar surface area (TPSA) is 59.6 Å². The lowest BCUT2D eigenvalue weighted by atomic mass is 10.1. The molecule has 0 unspecified atom stereocenters. The van der Waals surface area contributed by atoms with Crippen molar-refractivity contribution in [2.75, 3.05) is 0 Å². The van der Waals surface area contributed by atoms with Gasteiger partial charge >= 0.3 is 0 Å². The number of nitrogens with one attached hydrogen (secondary N) is 1. The Hall–Kier alpha value is -2.99. The van der Waals surface area contributed by atoms with Crippen LogP contribution in [-0.2, 0) is 0 Å². The molecule has 0 atom stereocenters. The standard InChI is InChI=1S/C17H12N4OS/c23-17-19-18-16(22-17)14-11-15(12-7-3-1-4-8-12)21(20-14)13-9-5-2-6-10-13/h1-11H,(H,19,23). The van der Waals surface area contributed by atoms with E-state index < -0.39 is 0 Å². The maximum absolute atomic E-state index is 5.38. The van der Waals surface area contributed by atoms with Crippen LogP contribution in [0.15, 0.2) is 71.1 Å². The van der Waals surface area contributed by atoms with Gasteiger partial charge in [-0.3, -0.25) is 0 Å². The molecule has 0 aliphatic heterocycles. The maximum Gasteiger partial charge on any atom is 0.284 e. The van der Waals surface area contributed by atoms with Gasteiger partial charge in [-0.25, -0.2) is 9.78 Å². The number of rotatable bonds is 3. The molecule has 0 amide bonds. The summed E-state index contributed by atoms with van der Waals surface area (Å²) in [5.41, 5.74) is 3.60. The number of hydrogen-bond acceptors (Lipinski definition) is 4. The minimum atomic E-state index is 0.232. The Morgan fingerprint density at radius 1 is 0.957 bits per heavy atom. The average molecular weight is 320 g/mol. The molecule has 0 fully saturated rings. The third-order valence-electron chi connectivity index (χ3n) is 3.44. The molecular weight excluding hydrogens is 308 g/mol. The van der Waals surface area contributed by atoms with Crippen LogP contribution in [0.2, 0.25) is 0 Å². The van der Waals surface area contributed by atoms with E-state index in [0.29, 0.717) is 11.6 Å². The van der Waals surface area contributed by atoms with Gasteiger partial charge in [-0.05, 0) is 30.4 Å². The fraction of sp³-hybridized carbons (Fsp3) is 0. The van der Waals surface area contributed by atoms with Crippen LogP contribution in [0.25, 0.3) is 28.5 Å². The van der Waals surface area contributed by atoms with Crippen LogP contribution >= 0.6 is 12.2 Å². The van der Waals surface area contributed by atoms with Crippen molar-refractivity contribution in [2.24, 2.45) is 0 Å². The number of aromatic nitrogens is 4. The Bertz CT molecular complexity index is 929. The minimum absolute atomic E-state index is 0.232. The summed E-state index contributed by atoms with van der Waals surface area (Å²) in [4.78, 5) is 0.232. The highest BCUT2D eigenvalue weighted by Gasteiger charge is 2.15. The molecule has 6 heteroatoms. The monoisotopic (exact) mass is 320 g/mol. The van der Waals surface area contributed by atoms with Crippen LogP contribution in [0, 0.1) is 4.84 Å². The van der Waals surface area contributed by atoms with E-state index in [4.69, 9.17) is 16.6 Å². The Balaban J connectivity index is 1.93.